The third-order valence-electron chi connectivity index (χ3n) is 6.99. The zero-order valence-electron chi connectivity index (χ0n) is 23.1. The monoisotopic (exact) mass is 625 g/mol. The maximum Gasteiger partial charge on any atom is 0.326 e. The summed E-state index contributed by atoms with van der Waals surface area (Å²) in [6, 6.07) is 17.9. The molecule has 0 fully saturated rings. The third kappa shape index (κ3) is 8.95. The predicted octanol–water partition coefficient (Wildman–Crippen LogP) is 5.74. The van der Waals surface area contributed by atoms with Crippen LogP contribution in [0.25, 0.3) is 11.1 Å². The van der Waals surface area contributed by atoms with Crippen LogP contribution >= 0.6 is 23.2 Å². The average Bonchev–Trinajstić information content (AvgIpc) is 2.99. The topological polar surface area (TPSA) is 125 Å². The highest BCUT2D eigenvalue weighted by Gasteiger charge is 2.25. The molecule has 0 spiro atoms. The first kappa shape index (κ1) is 31.8. The van der Waals surface area contributed by atoms with E-state index in [0.717, 1.165) is 16.8 Å². The molecule has 0 radical (unpaired) electrons. The highest BCUT2D eigenvalue weighted by Crippen LogP contribution is 2.32. The number of benzene rings is 3. The third-order valence-corrected chi connectivity index (χ3v) is 7.59. The molecule has 3 N–H and O–H groups in total. The van der Waals surface area contributed by atoms with Gasteiger partial charge in [0.15, 0.2) is 5.78 Å². The molecule has 0 saturated carbocycles. The molecule has 224 valence electrons. The fraction of sp³-hybridized carbons (Fsp3) is 0.281. The van der Waals surface area contributed by atoms with Gasteiger partial charge in [0.05, 0.1) is 28.7 Å². The SMILES string of the molecule is O=C(CC[C@H](NC(=O)c1c(Cl)cc(-c2ccccc2)cc1Cl)C(=O)O)CNC(=O)c1cccc(CC2=NCC(F)CC2)c1. The molecule has 0 aromatic heterocycles. The fourth-order valence-corrected chi connectivity index (χ4v) is 5.33. The molecule has 2 atom stereocenters. The zero-order chi connectivity index (χ0) is 30.9. The van der Waals surface area contributed by atoms with E-state index in [9.17, 15) is 28.7 Å². The number of hydrogen-bond acceptors (Lipinski definition) is 5. The number of rotatable bonds is 12. The second-order valence-corrected chi connectivity index (χ2v) is 11.0. The normalized spacial score (nSPS) is 15.2. The van der Waals surface area contributed by atoms with E-state index < -0.39 is 35.8 Å². The van der Waals surface area contributed by atoms with Gasteiger partial charge in [-0.1, -0.05) is 65.7 Å². The Bertz CT molecular complexity index is 1520. The van der Waals surface area contributed by atoms with Crippen molar-refractivity contribution >= 4 is 52.5 Å². The first-order valence-electron chi connectivity index (χ1n) is 13.7. The Hall–Kier alpha value is -4.08. The zero-order valence-corrected chi connectivity index (χ0v) is 24.6. The van der Waals surface area contributed by atoms with Crippen LogP contribution in [-0.2, 0) is 16.0 Å². The van der Waals surface area contributed by atoms with E-state index in [1.54, 1.807) is 30.3 Å². The van der Waals surface area contributed by atoms with Crippen LogP contribution in [0.2, 0.25) is 10.0 Å². The molecule has 43 heavy (non-hydrogen) atoms. The molecule has 0 bridgehead atoms. The summed E-state index contributed by atoms with van der Waals surface area (Å²) in [6.07, 6.45) is 0.213. The number of ketones is 1. The van der Waals surface area contributed by atoms with E-state index in [2.05, 4.69) is 15.6 Å². The minimum Gasteiger partial charge on any atom is -0.480 e. The molecule has 2 amide bonds. The molecule has 8 nitrogen and oxygen atoms in total. The number of halogens is 3. The van der Waals surface area contributed by atoms with Gasteiger partial charge in [0.25, 0.3) is 11.8 Å². The number of aliphatic imine (C=N–C) groups is 1. The Morgan fingerprint density at radius 1 is 0.953 bits per heavy atom. The van der Waals surface area contributed by atoms with Gasteiger partial charge in [-0.3, -0.25) is 19.4 Å². The number of aliphatic carboxylic acids is 1. The van der Waals surface area contributed by atoms with Crippen molar-refractivity contribution in [3.63, 3.8) is 0 Å². The van der Waals surface area contributed by atoms with E-state index in [1.165, 1.54) is 0 Å². The van der Waals surface area contributed by atoms with Gasteiger partial charge in [-0.05, 0) is 60.2 Å². The average molecular weight is 627 g/mol. The molecule has 11 heteroatoms. The Morgan fingerprint density at radius 3 is 2.33 bits per heavy atom. The lowest BCUT2D eigenvalue weighted by Crippen LogP contribution is -2.41. The lowest BCUT2D eigenvalue weighted by molar-refractivity contribution is -0.139. The predicted molar refractivity (Wildman–Crippen MR) is 164 cm³/mol. The van der Waals surface area contributed by atoms with Gasteiger partial charge >= 0.3 is 5.97 Å². The van der Waals surface area contributed by atoms with Crippen molar-refractivity contribution in [3.05, 3.63) is 93.5 Å². The quantitative estimate of drug-likeness (QED) is 0.237. The highest BCUT2D eigenvalue weighted by atomic mass is 35.5. The Balaban J connectivity index is 1.29. The summed E-state index contributed by atoms with van der Waals surface area (Å²) >= 11 is 12.7. The summed E-state index contributed by atoms with van der Waals surface area (Å²) in [5, 5.41) is 14.7. The molecule has 0 aliphatic carbocycles. The lowest BCUT2D eigenvalue weighted by atomic mass is 9.99. The first-order valence-corrected chi connectivity index (χ1v) is 14.5. The number of amides is 2. The van der Waals surface area contributed by atoms with Crippen LogP contribution in [0.4, 0.5) is 4.39 Å². The number of carbonyl (C=O) groups is 4. The maximum absolute atomic E-state index is 13.3. The fourth-order valence-electron chi connectivity index (χ4n) is 4.67. The number of alkyl halides is 1. The molecule has 1 heterocycles. The van der Waals surface area contributed by atoms with E-state index in [-0.39, 0.29) is 41.5 Å². The molecular formula is C32H30Cl2FN3O5. The van der Waals surface area contributed by atoms with Crippen molar-refractivity contribution in [3.8, 4) is 11.1 Å². The van der Waals surface area contributed by atoms with E-state index in [1.807, 2.05) is 36.4 Å². The van der Waals surface area contributed by atoms with Gasteiger partial charge in [0, 0.05) is 24.1 Å². The van der Waals surface area contributed by atoms with E-state index in [0.29, 0.717) is 30.4 Å². The summed E-state index contributed by atoms with van der Waals surface area (Å²) < 4.78 is 13.3. The van der Waals surface area contributed by atoms with Crippen molar-refractivity contribution in [2.24, 2.45) is 4.99 Å². The van der Waals surface area contributed by atoms with E-state index >= 15 is 0 Å². The highest BCUT2D eigenvalue weighted by molar-refractivity contribution is 6.40. The van der Waals surface area contributed by atoms with E-state index in [4.69, 9.17) is 23.2 Å². The molecule has 0 saturated heterocycles. The Kier molecular flexibility index (Phi) is 11.0. The van der Waals surface area contributed by atoms with Crippen molar-refractivity contribution in [1.29, 1.82) is 0 Å². The van der Waals surface area contributed by atoms with Crippen molar-refractivity contribution < 1.29 is 28.7 Å². The van der Waals surface area contributed by atoms with Crippen LogP contribution in [0.5, 0.6) is 0 Å². The van der Waals surface area contributed by atoms with Gasteiger partial charge in [-0.25, -0.2) is 9.18 Å². The minimum absolute atomic E-state index is 0.0518. The minimum atomic E-state index is -1.39. The second kappa shape index (κ2) is 14.9. The molecule has 3 aromatic rings. The number of carboxylic acids is 1. The Morgan fingerprint density at radius 2 is 1.67 bits per heavy atom. The van der Waals surface area contributed by atoms with Gasteiger partial charge in [0.2, 0.25) is 0 Å². The number of carbonyl (C=O) groups excluding carboxylic acids is 3. The number of carboxylic acid groups (broad SMARTS) is 1. The Labute approximate surface area is 258 Å². The number of nitrogens with zero attached hydrogens (tertiary/aromatic N) is 1. The van der Waals surface area contributed by atoms with Gasteiger partial charge < -0.3 is 15.7 Å². The molecular weight excluding hydrogens is 596 g/mol. The summed E-state index contributed by atoms with van der Waals surface area (Å²) in [7, 11) is 0. The largest absolute Gasteiger partial charge is 0.480 e. The molecule has 1 unspecified atom stereocenters. The number of nitrogens with one attached hydrogen (secondary N) is 2. The number of hydrogen-bond donors (Lipinski definition) is 3. The summed E-state index contributed by atoms with van der Waals surface area (Å²) in [6.45, 7) is -0.153. The van der Waals surface area contributed by atoms with Crippen LogP contribution in [0, 0.1) is 0 Å². The molecule has 3 aromatic carbocycles. The van der Waals surface area contributed by atoms with Crippen LogP contribution in [-0.4, -0.2) is 59.7 Å². The summed E-state index contributed by atoms with van der Waals surface area (Å²) in [5.74, 6) is -2.99. The standard InChI is InChI=1S/C32H30Cl2FN3O5/c33-26-15-22(20-6-2-1-3-7-20)16-27(34)29(26)31(41)38-28(32(42)43)12-11-25(39)18-37-30(40)21-8-4-5-19(13-21)14-24-10-9-23(35)17-36-24/h1-8,13,15-16,23,28H,9-12,14,17-18H2,(H,37,40)(H,38,41)(H,42,43)/t23?,28-/m0/s1. The lowest BCUT2D eigenvalue weighted by Gasteiger charge is -2.16. The number of Topliss-reactive ketones (excluding diaryl/α,β-unsaturated/α-hetero) is 1. The van der Waals surface area contributed by atoms with Gasteiger partial charge in [-0.15, -0.1) is 0 Å². The second-order valence-electron chi connectivity index (χ2n) is 10.2. The van der Waals surface area contributed by atoms with Gasteiger partial charge in [0.1, 0.15) is 12.2 Å². The molecule has 1 aliphatic rings. The van der Waals surface area contributed by atoms with Crippen LogP contribution in [0.3, 0.4) is 0 Å². The van der Waals surface area contributed by atoms with Crippen LogP contribution in [0.1, 0.15) is 52.0 Å². The maximum atomic E-state index is 13.3. The summed E-state index contributed by atoms with van der Waals surface area (Å²) in [5.41, 5.74) is 3.55. The molecule has 4 rings (SSSR count). The van der Waals surface area contributed by atoms with Gasteiger partial charge in [-0.2, -0.15) is 0 Å². The smallest absolute Gasteiger partial charge is 0.326 e. The van der Waals surface area contributed by atoms with Crippen molar-refractivity contribution in [2.45, 2.75) is 44.3 Å². The first-order chi connectivity index (χ1) is 20.6. The molecule has 1 aliphatic heterocycles. The van der Waals surface area contributed by atoms with Crippen LogP contribution in [0.15, 0.2) is 71.7 Å². The summed E-state index contributed by atoms with van der Waals surface area (Å²) in [4.78, 5) is 54.2. The van der Waals surface area contributed by atoms with Crippen LogP contribution < -0.4 is 10.6 Å². The van der Waals surface area contributed by atoms with Crippen molar-refractivity contribution in [1.82, 2.24) is 10.6 Å². The van der Waals surface area contributed by atoms with Crippen molar-refractivity contribution in [2.75, 3.05) is 13.1 Å².